The molecule has 7 heteroatoms. The number of benzene rings is 3. The second kappa shape index (κ2) is 10.4. The minimum Gasteiger partial charge on any atom is -0.497 e. The molecule has 0 radical (unpaired) electrons. The van der Waals surface area contributed by atoms with E-state index in [9.17, 15) is 14.7 Å². The van der Waals surface area contributed by atoms with Crippen molar-refractivity contribution in [2.45, 2.75) is 30.9 Å². The Kier molecular flexibility index (Phi) is 7.06. The molecule has 1 fully saturated rings. The third kappa shape index (κ3) is 4.48. The normalized spacial score (nSPS) is 19.1. The van der Waals surface area contributed by atoms with Crippen LogP contribution >= 0.6 is 0 Å². The topological polar surface area (TPSA) is 93.5 Å². The van der Waals surface area contributed by atoms with Crippen LogP contribution in [0.25, 0.3) is 0 Å². The lowest BCUT2D eigenvalue weighted by molar-refractivity contribution is -0.0909. The zero-order chi connectivity index (χ0) is 26.8. The first kappa shape index (κ1) is 25.7. The quantitative estimate of drug-likeness (QED) is 0.331. The summed E-state index contributed by atoms with van der Waals surface area (Å²) in [6, 6.07) is 27.8. The highest BCUT2D eigenvalue weighted by atomic mass is 16.5. The summed E-state index contributed by atoms with van der Waals surface area (Å²) in [5.74, 6) is 0.742. The molecule has 4 aromatic rings. The summed E-state index contributed by atoms with van der Waals surface area (Å²) in [5, 5.41) is 9.85. The number of aliphatic hydroxyl groups excluding tert-OH is 1. The molecule has 3 aromatic carbocycles. The van der Waals surface area contributed by atoms with Gasteiger partial charge in [0.15, 0.2) is 0 Å². The number of nitrogens with one attached hydrogen (secondary N) is 1. The molecular formula is C31H32N2O5. The van der Waals surface area contributed by atoms with E-state index in [4.69, 9.17) is 9.47 Å². The largest absolute Gasteiger partial charge is 0.497 e. The number of aromatic amines is 1. The lowest BCUT2D eigenvalue weighted by atomic mass is 9.68. The van der Waals surface area contributed by atoms with Crippen molar-refractivity contribution in [3.8, 4) is 5.75 Å². The molecule has 0 aliphatic heterocycles. The molecule has 1 saturated carbocycles. The average molecular weight is 513 g/mol. The zero-order valence-corrected chi connectivity index (χ0v) is 21.6. The van der Waals surface area contributed by atoms with Crippen molar-refractivity contribution in [1.29, 1.82) is 0 Å². The number of hydrogen-bond acceptors (Lipinski definition) is 5. The minimum absolute atomic E-state index is 0.0250. The molecule has 1 aliphatic carbocycles. The van der Waals surface area contributed by atoms with Gasteiger partial charge in [0.25, 0.3) is 5.56 Å². The molecular weight excluding hydrogens is 480 g/mol. The highest BCUT2D eigenvalue weighted by molar-refractivity contribution is 5.49. The first-order valence-corrected chi connectivity index (χ1v) is 12.8. The summed E-state index contributed by atoms with van der Waals surface area (Å²) in [4.78, 5) is 27.6. The second-order valence-electron chi connectivity index (χ2n) is 10.1. The maximum atomic E-state index is 13.0. The molecule has 0 saturated heterocycles. The van der Waals surface area contributed by atoms with Crippen molar-refractivity contribution < 1.29 is 14.6 Å². The monoisotopic (exact) mass is 512 g/mol. The lowest BCUT2D eigenvalue weighted by Gasteiger charge is -2.50. The predicted molar refractivity (Wildman–Crippen MR) is 146 cm³/mol. The van der Waals surface area contributed by atoms with Gasteiger partial charge in [-0.2, -0.15) is 0 Å². The molecule has 0 atom stereocenters. The van der Waals surface area contributed by atoms with Crippen LogP contribution < -0.4 is 16.0 Å². The van der Waals surface area contributed by atoms with Crippen LogP contribution in [0.1, 0.15) is 35.1 Å². The van der Waals surface area contributed by atoms with E-state index in [1.807, 2.05) is 84.9 Å². The summed E-state index contributed by atoms with van der Waals surface area (Å²) >= 11 is 0. The van der Waals surface area contributed by atoms with E-state index in [2.05, 4.69) is 4.98 Å². The minimum atomic E-state index is -1.02. The smallest absolute Gasteiger partial charge is 0.328 e. The fourth-order valence-electron chi connectivity index (χ4n) is 5.63. The highest BCUT2D eigenvalue weighted by Crippen LogP contribution is 2.47. The van der Waals surface area contributed by atoms with Crippen LogP contribution in [-0.2, 0) is 15.9 Å². The first-order valence-electron chi connectivity index (χ1n) is 12.8. The number of methoxy groups -OCH3 is 1. The standard InChI is InChI=1S/C31H32N2O5/c1-22-19-33(29(36)32-28(22)35)30(17-23(18-30)20-34)21-38-31(24-10-5-3-6-11-24,25-12-7-4-8-13-25)26-14-9-15-27(16-26)37-2/h3-16,19,23,34H,17-18,20-21H2,1-2H3,(H,32,35,36). The van der Waals surface area contributed by atoms with Crippen molar-refractivity contribution in [2.24, 2.45) is 5.92 Å². The van der Waals surface area contributed by atoms with E-state index >= 15 is 0 Å². The molecule has 7 nitrogen and oxygen atoms in total. The van der Waals surface area contributed by atoms with Gasteiger partial charge in [0.05, 0.1) is 19.3 Å². The van der Waals surface area contributed by atoms with Crippen molar-refractivity contribution in [1.82, 2.24) is 9.55 Å². The number of aromatic nitrogens is 2. The zero-order valence-electron chi connectivity index (χ0n) is 21.6. The maximum absolute atomic E-state index is 13.0. The summed E-state index contributed by atoms with van der Waals surface area (Å²) < 4.78 is 14.2. The van der Waals surface area contributed by atoms with Crippen LogP contribution in [0, 0.1) is 12.8 Å². The van der Waals surface area contributed by atoms with Crippen LogP contribution in [0.5, 0.6) is 5.75 Å². The Hall–Kier alpha value is -3.94. The fraction of sp³-hybridized carbons (Fsp3) is 0.290. The van der Waals surface area contributed by atoms with Crippen LogP contribution in [0.2, 0.25) is 0 Å². The summed E-state index contributed by atoms with van der Waals surface area (Å²) in [7, 11) is 1.63. The van der Waals surface area contributed by atoms with E-state index in [0.717, 1.165) is 16.7 Å². The Morgan fingerprint density at radius 2 is 1.55 bits per heavy atom. The number of H-pyrrole nitrogens is 1. The van der Waals surface area contributed by atoms with E-state index in [-0.39, 0.29) is 19.1 Å². The van der Waals surface area contributed by atoms with Gasteiger partial charge in [0, 0.05) is 18.4 Å². The van der Waals surface area contributed by atoms with Crippen molar-refractivity contribution in [3.63, 3.8) is 0 Å². The Labute approximate surface area is 221 Å². The second-order valence-corrected chi connectivity index (χ2v) is 10.1. The van der Waals surface area contributed by atoms with Crippen LogP contribution in [0.3, 0.4) is 0 Å². The van der Waals surface area contributed by atoms with Gasteiger partial charge in [0.2, 0.25) is 0 Å². The number of aryl methyl sites for hydroxylation is 1. The fourth-order valence-corrected chi connectivity index (χ4v) is 5.63. The van der Waals surface area contributed by atoms with Gasteiger partial charge in [0.1, 0.15) is 11.4 Å². The highest BCUT2D eigenvalue weighted by Gasteiger charge is 2.49. The molecule has 196 valence electrons. The predicted octanol–water partition coefficient (Wildman–Crippen LogP) is 3.96. The first-order chi connectivity index (χ1) is 18.4. The Bertz CT molecular complexity index is 1470. The molecule has 0 unspecified atom stereocenters. The Balaban J connectivity index is 1.68. The molecule has 1 aromatic heterocycles. The summed E-state index contributed by atoms with van der Waals surface area (Å²) in [6.07, 6.45) is 2.70. The van der Waals surface area contributed by atoms with E-state index < -0.39 is 22.4 Å². The van der Waals surface area contributed by atoms with Gasteiger partial charge >= 0.3 is 5.69 Å². The van der Waals surface area contributed by atoms with E-state index in [1.165, 1.54) is 0 Å². The van der Waals surface area contributed by atoms with Crippen LogP contribution in [0.4, 0.5) is 0 Å². The van der Waals surface area contributed by atoms with Crippen LogP contribution in [0.15, 0.2) is 101 Å². The number of hydrogen-bond donors (Lipinski definition) is 2. The number of nitrogens with zero attached hydrogens (tertiary/aromatic N) is 1. The average Bonchev–Trinajstić information content (AvgIpc) is 2.93. The van der Waals surface area contributed by atoms with Gasteiger partial charge in [-0.25, -0.2) is 4.79 Å². The molecule has 1 heterocycles. The lowest BCUT2D eigenvalue weighted by Crippen LogP contribution is -2.57. The Morgan fingerprint density at radius 1 is 0.947 bits per heavy atom. The van der Waals surface area contributed by atoms with Crippen LogP contribution in [-0.4, -0.2) is 35.0 Å². The summed E-state index contributed by atoms with van der Waals surface area (Å²) in [6.45, 7) is 1.88. The molecule has 0 amide bonds. The number of aliphatic hydroxyl groups is 1. The Morgan fingerprint density at radius 3 is 2.13 bits per heavy atom. The SMILES string of the molecule is COc1cccc(C(OCC2(n3cc(C)c(=O)[nH]c3=O)CC(CO)C2)(c2ccccc2)c2ccccc2)c1. The van der Waals surface area contributed by atoms with E-state index in [0.29, 0.717) is 24.2 Å². The molecule has 5 rings (SSSR count). The third-order valence-electron chi connectivity index (χ3n) is 7.62. The maximum Gasteiger partial charge on any atom is 0.328 e. The van der Waals surface area contributed by atoms with Crippen molar-refractivity contribution in [3.05, 3.63) is 134 Å². The molecule has 2 N–H and O–H groups in total. The molecule has 0 spiro atoms. The number of rotatable bonds is 9. The van der Waals surface area contributed by atoms with Gasteiger partial charge in [-0.05, 0) is 54.5 Å². The molecule has 0 bridgehead atoms. The molecule has 38 heavy (non-hydrogen) atoms. The summed E-state index contributed by atoms with van der Waals surface area (Å²) in [5.41, 5.74) is 0.554. The van der Waals surface area contributed by atoms with E-state index in [1.54, 1.807) is 24.8 Å². The van der Waals surface area contributed by atoms with Gasteiger partial charge in [-0.15, -0.1) is 0 Å². The van der Waals surface area contributed by atoms with Crippen molar-refractivity contribution in [2.75, 3.05) is 20.3 Å². The molecule has 1 aliphatic rings. The van der Waals surface area contributed by atoms with Gasteiger partial charge in [-0.3, -0.25) is 14.3 Å². The number of ether oxygens (including phenoxy) is 2. The van der Waals surface area contributed by atoms with Crippen molar-refractivity contribution >= 4 is 0 Å². The van der Waals surface area contributed by atoms with Gasteiger partial charge in [-0.1, -0.05) is 72.8 Å². The van der Waals surface area contributed by atoms with Gasteiger partial charge < -0.3 is 14.6 Å². The third-order valence-corrected chi connectivity index (χ3v) is 7.62.